The Labute approximate surface area is 195 Å². The summed E-state index contributed by atoms with van der Waals surface area (Å²) in [6.07, 6.45) is 10.3. The standard InChI is InChI=1S/C31H39N/c1-5-14-28-27(25-16-8-7-9-17-25)19-12-20-29(28)26-18-13-22-30(23(26)3)32(4)31-21-11-10-15-24(31)6-2/h10-13,15,18-22,25H,5-9,14,16-17H2,1-4H3. The molecule has 0 spiro atoms. The van der Waals surface area contributed by atoms with Gasteiger partial charge in [-0.3, -0.25) is 0 Å². The van der Waals surface area contributed by atoms with E-state index in [0.29, 0.717) is 0 Å². The van der Waals surface area contributed by atoms with Crippen molar-refractivity contribution in [2.45, 2.75) is 78.1 Å². The van der Waals surface area contributed by atoms with Crippen LogP contribution in [-0.4, -0.2) is 7.05 Å². The Morgan fingerprint density at radius 2 is 1.47 bits per heavy atom. The van der Waals surface area contributed by atoms with E-state index in [9.17, 15) is 0 Å². The van der Waals surface area contributed by atoms with Crippen molar-refractivity contribution in [3.8, 4) is 11.1 Å². The quantitative estimate of drug-likeness (QED) is 0.365. The third-order valence-electron chi connectivity index (χ3n) is 7.45. The first-order valence-electron chi connectivity index (χ1n) is 12.7. The van der Waals surface area contributed by atoms with Gasteiger partial charge in [0.2, 0.25) is 0 Å². The van der Waals surface area contributed by atoms with Crippen molar-refractivity contribution < 1.29 is 0 Å². The molecule has 0 unspecified atom stereocenters. The highest BCUT2D eigenvalue weighted by Crippen LogP contribution is 2.41. The molecule has 0 heterocycles. The monoisotopic (exact) mass is 425 g/mol. The van der Waals surface area contributed by atoms with Gasteiger partial charge in [0.05, 0.1) is 0 Å². The van der Waals surface area contributed by atoms with Crippen molar-refractivity contribution in [3.63, 3.8) is 0 Å². The van der Waals surface area contributed by atoms with Gasteiger partial charge in [-0.2, -0.15) is 0 Å². The van der Waals surface area contributed by atoms with Crippen LogP contribution in [0.15, 0.2) is 60.7 Å². The van der Waals surface area contributed by atoms with Crippen LogP contribution in [0.2, 0.25) is 0 Å². The zero-order valence-electron chi connectivity index (χ0n) is 20.5. The summed E-state index contributed by atoms with van der Waals surface area (Å²) in [6.45, 7) is 6.86. The molecule has 0 saturated heterocycles. The lowest BCUT2D eigenvalue weighted by Gasteiger charge is -2.28. The highest BCUT2D eigenvalue weighted by Gasteiger charge is 2.21. The van der Waals surface area contributed by atoms with Crippen molar-refractivity contribution in [1.29, 1.82) is 0 Å². The SMILES string of the molecule is CCCc1c(-c2cccc(N(C)c3ccccc3CC)c2C)cccc1C1CCCCC1. The fraction of sp³-hybridized carbons (Fsp3) is 0.419. The molecule has 0 atom stereocenters. The van der Waals surface area contributed by atoms with Crippen LogP contribution in [0.1, 0.15) is 80.5 Å². The number of benzene rings is 3. The van der Waals surface area contributed by atoms with Crippen LogP contribution < -0.4 is 4.90 Å². The average molecular weight is 426 g/mol. The Hall–Kier alpha value is -2.54. The van der Waals surface area contributed by atoms with Gasteiger partial charge in [0.15, 0.2) is 0 Å². The van der Waals surface area contributed by atoms with Crippen LogP contribution in [0.5, 0.6) is 0 Å². The molecule has 1 heteroatoms. The molecule has 0 aliphatic heterocycles. The molecule has 1 aliphatic carbocycles. The molecule has 0 radical (unpaired) electrons. The van der Waals surface area contributed by atoms with E-state index in [1.54, 1.807) is 11.1 Å². The van der Waals surface area contributed by atoms with Crippen LogP contribution in [0.3, 0.4) is 0 Å². The summed E-state index contributed by atoms with van der Waals surface area (Å²) >= 11 is 0. The molecule has 1 saturated carbocycles. The van der Waals surface area contributed by atoms with Crippen molar-refractivity contribution in [3.05, 3.63) is 82.9 Å². The lowest BCUT2D eigenvalue weighted by molar-refractivity contribution is 0.441. The summed E-state index contributed by atoms with van der Waals surface area (Å²) in [5, 5.41) is 0. The molecular formula is C31H39N. The minimum atomic E-state index is 0.743. The van der Waals surface area contributed by atoms with Crippen LogP contribution in [-0.2, 0) is 12.8 Å². The summed E-state index contributed by atoms with van der Waals surface area (Å²) < 4.78 is 0. The maximum Gasteiger partial charge on any atom is 0.0444 e. The predicted octanol–water partition coefficient (Wildman–Crippen LogP) is 8.99. The van der Waals surface area contributed by atoms with E-state index < -0.39 is 0 Å². The normalized spacial score (nSPS) is 14.5. The number of para-hydroxylation sites is 1. The molecule has 1 nitrogen and oxygen atoms in total. The zero-order valence-corrected chi connectivity index (χ0v) is 20.5. The number of rotatable bonds is 7. The number of hydrogen-bond donors (Lipinski definition) is 0. The van der Waals surface area contributed by atoms with Crippen LogP contribution >= 0.6 is 0 Å². The summed E-state index contributed by atoms with van der Waals surface area (Å²) in [4.78, 5) is 2.38. The molecule has 168 valence electrons. The molecule has 0 amide bonds. The number of aryl methyl sites for hydroxylation is 1. The number of hydrogen-bond acceptors (Lipinski definition) is 1. The lowest BCUT2D eigenvalue weighted by atomic mass is 9.79. The summed E-state index contributed by atoms with van der Waals surface area (Å²) in [5.74, 6) is 0.743. The molecule has 0 N–H and O–H groups in total. The number of anilines is 2. The summed E-state index contributed by atoms with van der Waals surface area (Å²) in [7, 11) is 2.21. The van der Waals surface area contributed by atoms with Crippen LogP contribution in [0.25, 0.3) is 11.1 Å². The summed E-state index contributed by atoms with van der Waals surface area (Å²) in [5.41, 5.74) is 11.4. The van der Waals surface area contributed by atoms with Crippen LogP contribution in [0.4, 0.5) is 11.4 Å². The topological polar surface area (TPSA) is 3.24 Å². The predicted molar refractivity (Wildman–Crippen MR) is 140 cm³/mol. The molecule has 1 aliphatic rings. The van der Waals surface area contributed by atoms with Crippen molar-refractivity contribution in [2.75, 3.05) is 11.9 Å². The van der Waals surface area contributed by atoms with Gasteiger partial charge in [-0.1, -0.05) is 88.1 Å². The summed E-state index contributed by atoms with van der Waals surface area (Å²) in [6, 6.07) is 22.7. The first-order valence-corrected chi connectivity index (χ1v) is 12.7. The Morgan fingerprint density at radius 1 is 0.781 bits per heavy atom. The number of nitrogens with zero attached hydrogens (tertiary/aromatic N) is 1. The first kappa shape index (κ1) is 22.6. The highest BCUT2D eigenvalue weighted by molar-refractivity contribution is 5.80. The smallest absolute Gasteiger partial charge is 0.0444 e. The first-order chi connectivity index (χ1) is 15.7. The van der Waals surface area contributed by atoms with E-state index in [2.05, 4.69) is 93.4 Å². The minimum Gasteiger partial charge on any atom is -0.344 e. The average Bonchev–Trinajstić information content (AvgIpc) is 2.85. The van der Waals surface area contributed by atoms with Gasteiger partial charge in [-0.25, -0.2) is 0 Å². The van der Waals surface area contributed by atoms with Crippen LogP contribution in [0, 0.1) is 6.92 Å². The molecule has 3 aromatic rings. The van der Waals surface area contributed by atoms with Gasteiger partial charge >= 0.3 is 0 Å². The van der Waals surface area contributed by atoms with E-state index in [-0.39, 0.29) is 0 Å². The highest BCUT2D eigenvalue weighted by atomic mass is 15.1. The third-order valence-corrected chi connectivity index (χ3v) is 7.45. The fourth-order valence-electron chi connectivity index (χ4n) is 5.73. The molecular weight excluding hydrogens is 386 g/mol. The van der Waals surface area contributed by atoms with Gasteiger partial charge in [-0.05, 0) is 84.0 Å². The Bertz CT molecular complexity index is 1040. The van der Waals surface area contributed by atoms with Gasteiger partial charge in [-0.15, -0.1) is 0 Å². The van der Waals surface area contributed by atoms with Gasteiger partial charge in [0, 0.05) is 18.4 Å². The molecule has 32 heavy (non-hydrogen) atoms. The minimum absolute atomic E-state index is 0.743. The molecule has 3 aromatic carbocycles. The maximum absolute atomic E-state index is 2.42. The molecule has 0 bridgehead atoms. The Morgan fingerprint density at radius 3 is 2.22 bits per heavy atom. The van der Waals surface area contributed by atoms with Gasteiger partial charge in [0.25, 0.3) is 0 Å². The van der Waals surface area contributed by atoms with Crippen molar-refractivity contribution >= 4 is 11.4 Å². The van der Waals surface area contributed by atoms with E-state index in [0.717, 1.165) is 12.3 Å². The van der Waals surface area contributed by atoms with Gasteiger partial charge in [0.1, 0.15) is 0 Å². The Balaban J connectivity index is 1.79. The second-order valence-corrected chi connectivity index (χ2v) is 9.45. The molecule has 4 rings (SSSR count). The van der Waals surface area contributed by atoms with E-state index in [4.69, 9.17) is 0 Å². The molecule has 0 aromatic heterocycles. The van der Waals surface area contributed by atoms with Gasteiger partial charge < -0.3 is 4.90 Å². The van der Waals surface area contributed by atoms with E-state index in [1.807, 2.05) is 0 Å². The lowest BCUT2D eigenvalue weighted by Crippen LogP contribution is -2.13. The largest absolute Gasteiger partial charge is 0.344 e. The third kappa shape index (κ3) is 4.49. The molecule has 1 fully saturated rings. The second-order valence-electron chi connectivity index (χ2n) is 9.45. The maximum atomic E-state index is 2.42. The zero-order chi connectivity index (χ0) is 22.5. The fourth-order valence-corrected chi connectivity index (χ4v) is 5.73. The van der Waals surface area contributed by atoms with E-state index in [1.165, 1.54) is 78.6 Å². The van der Waals surface area contributed by atoms with Crippen molar-refractivity contribution in [2.24, 2.45) is 0 Å². The van der Waals surface area contributed by atoms with E-state index >= 15 is 0 Å². The van der Waals surface area contributed by atoms with Crippen molar-refractivity contribution in [1.82, 2.24) is 0 Å². The Kier molecular flexibility index (Phi) is 7.35. The second kappa shape index (κ2) is 10.4.